The lowest BCUT2D eigenvalue weighted by Gasteiger charge is -2.36. The van der Waals surface area contributed by atoms with E-state index < -0.39 is 5.72 Å². The monoisotopic (exact) mass is 161 g/mol. The Kier molecular flexibility index (Phi) is 3.48. The van der Waals surface area contributed by atoms with Gasteiger partial charge in [-0.15, -0.1) is 0 Å². The fourth-order valence-corrected chi connectivity index (χ4v) is 0.474. The van der Waals surface area contributed by atoms with Crippen LogP contribution in [0.1, 0.15) is 27.7 Å². The normalized spacial score (nSPS) is 18.0. The van der Waals surface area contributed by atoms with E-state index in [0.29, 0.717) is 6.61 Å². The Morgan fingerprint density at radius 1 is 1.36 bits per heavy atom. The van der Waals surface area contributed by atoms with Crippen molar-refractivity contribution in [3.63, 3.8) is 0 Å². The molecule has 0 saturated heterocycles. The van der Waals surface area contributed by atoms with Crippen LogP contribution in [-0.2, 0) is 4.74 Å². The van der Waals surface area contributed by atoms with Gasteiger partial charge in [0, 0.05) is 12.0 Å². The lowest BCUT2D eigenvalue weighted by Crippen LogP contribution is -2.55. The van der Waals surface area contributed by atoms with E-state index in [1.54, 1.807) is 0 Å². The van der Waals surface area contributed by atoms with Crippen LogP contribution in [0.25, 0.3) is 0 Å². The van der Waals surface area contributed by atoms with Gasteiger partial charge in [-0.3, -0.25) is 0 Å². The van der Waals surface area contributed by atoms with Crippen molar-refractivity contribution < 1.29 is 9.84 Å². The van der Waals surface area contributed by atoms with Crippen LogP contribution in [0.2, 0.25) is 0 Å². The molecule has 3 heteroatoms. The van der Waals surface area contributed by atoms with E-state index in [1.165, 1.54) is 0 Å². The smallest absolute Gasteiger partial charge is 0.141 e. The van der Waals surface area contributed by atoms with Crippen LogP contribution in [-0.4, -0.2) is 24.0 Å². The minimum absolute atomic E-state index is 0.188. The third-order valence-electron chi connectivity index (χ3n) is 1.82. The molecule has 0 heterocycles. The SMILES string of the molecule is CCOCC(N)(O)C(C)(C)C. The van der Waals surface area contributed by atoms with Gasteiger partial charge < -0.3 is 15.6 Å². The Hall–Kier alpha value is -0.120. The topological polar surface area (TPSA) is 55.5 Å². The Morgan fingerprint density at radius 2 is 1.82 bits per heavy atom. The van der Waals surface area contributed by atoms with Gasteiger partial charge in [0.25, 0.3) is 0 Å². The van der Waals surface area contributed by atoms with Crippen LogP contribution in [0.3, 0.4) is 0 Å². The van der Waals surface area contributed by atoms with Gasteiger partial charge >= 0.3 is 0 Å². The molecule has 0 bridgehead atoms. The first-order valence-corrected chi connectivity index (χ1v) is 3.90. The van der Waals surface area contributed by atoms with Crippen molar-refractivity contribution in [3.05, 3.63) is 0 Å². The summed E-state index contributed by atoms with van der Waals surface area (Å²) in [6.45, 7) is 8.28. The van der Waals surface area contributed by atoms with Gasteiger partial charge in [-0.25, -0.2) is 0 Å². The van der Waals surface area contributed by atoms with Crippen molar-refractivity contribution in [1.82, 2.24) is 0 Å². The van der Waals surface area contributed by atoms with Crippen molar-refractivity contribution in [3.8, 4) is 0 Å². The molecule has 0 spiro atoms. The summed E-state index contributed by atoms with van der Waals surface area (Å²) in [5, 5.41) is 9.63. The molecule has 0 aliphatic rings. The molecule has 0 fully saturated rings. The molecule has 0 radical (unpaired) electrons. The molecule has 3 nitrogen and oxygen atoms in total. The maximum atomic E-state index is 9.63. The average Bonchev–Trinajstić information content (AvgIpc) is 1.81. The number of aliphatic hydroxyl groups is 1. The largest absolute Gasteiger partial charge is 0.377 e. The summed E-state index contributed by atoms with van der Waals surface area (Å²) in [5.74, 6) is 0. The van der Waals surface area contributed by atoms with Gasteiger partial charge in [0.15, 0.2) is 0 Å². The number of ether oxygens (including phenoxy) is 1. The zero-order valence-corrected chi connectivity index (χ0v) is 7.85. The van der Waals surface area contributed by atoms with Crippen molar-refractivity contribution in [2.45, 2.75) is 33.4 Å². The van der Waals surface area contributed by atoms with Gasteiger partial charge in [-0.05, 0) is 6.92 Å². The van der Waals surface area contributed by atoms with Crippen molar-refractivity contribution >= 4 is 0 Å². The number of nitrogens with two attached hydrogens (primary N) is 1. The van der Waals surface area contributed by atoms with Crippen LogP contribution in [0.15, 0.2) is 0 Å². The predicted molar refractivity (Wildman–Crippen MR) is 45.1 cm³/mol. The Balaban J connectivity index is 4.00. The van der Waals surface area contributed by atoms with E-state index >= 15 is 0 Å². The molecule has 0 saturated carbocycles. The van der Waals surface area contributed by atoms with Crippen LogP contribution >= 0.6 is 0 Å². The Labute approximate surface area is 68.5 Å². The molecule has 0 aromatic carbocycles. The highest BCUT2D eigenvalue weighted by atomic mass is 16.5. The molecular formula is C8H19NO2. The molecule has 3 N–H and O–H groups in total. The highest BCUT2D eigenvalue weighted by molar-refractivity contribution is 4.84. The molecule has 0 aromatic heterocycles. The zero-order valence-electron chi connectivity index (χ0n) is 7.85. The van der Waals surface area contributed by atoms with Crippen LogP contribution in [0.5, 0.6) is 0 Å². The molecule has 68 valence electrons. The first-order valence-electron chi connectivity index (χ1n) is 3.90. The van der Waals surface area contributed by atoms with Gasteiger partial charge in [-0.1, -0.05) is 20.8 Å². The van der Waals surface area contributed by atoms with Crippen molar-refractivity contribution in [1.29, 1.82) is 0 Å². The zero-order chi connectivity index (χ0) is 9.12. The minimum atomic E-state index is -1.23. The number of rotatable bonds is 3. The average molecular weight is 161 g/mol. The summed E-state index contributed by atoms with van der Waals surface area (Å²) in [5.41, 5.74) is 4.03. The Morgan fingerprint density at radius 3 is 2.09 bits per heavy atom. The van der Waals surface area contributed by atoms with E-state index in [9.17, 15) is 5.11 Å². The summed E-state index contributed by atoms with van der Waals surface area (Å²) in [6.07, 6.45) is 0. The molecule has 1 unspecified atom stereocenters. The number of hydrogen-bond acceptors (Lipinski definition) is 3. The molecule has 0 aliphatic heterocycles. The van der Waals surface area contributed by atoms with E-state index in [1.807, 2.05) is 27.7 Å². The van der Waals surface area contributed by atoms with E-state index in [4.69, 9.17) is 10.5 Å². The van der Waals surface area contributed by atoms with E-state index in [0.717, 1.165) is 0 Å². The molecule has 11 heavy (non-hydrogen) atoms. The molecule has 0 aromatic rings. The maximum absolute atomic E-state index is 9.63. The highest BCUT2D eigenvalue weighted by Gasteiger charge is 2.35. The second-order valence-electron chi connectivity index (χ2n) is 3.81. The lowest BCUT2D eigenvalue weighted by molar-refractivity contribution is -0.107. The first kappa shape index (κ1) is 10.9. The highest BCUT2D eigenvalue weighted by Crippen LogP contribution is 2.25. The Bertz CT molecular complexity index is 116. The van der Waals surface area contributed by atoms with Crippen LogP contribution in [0, 0.1) is 5.41 Å². The molecule has 0 aliphatic carbocycles. The summed E-state index contributed by atoms with van der Waals surface area (Å²) >= 11 is 0. The third-order valence-corrected chi connectivity index (χ3v) is 1.82. The second kappa shape index (κ2) is 3.52. The number of hydrogen-bond donors (Lipinski definition) is 2. The van der Waals surface area contributed by atoms with Gasteiger partial charge in [0.05, 0.1) is 6.61 Å². The summed E-state index contributed by atoms with van der Waals surface area (Å²) in [7, 11) is 0. The molecule has 0 rings (SSSR count). The molecule has 0 amide bonds. The van der Waals surface area contributed by atoms with Gasteiger partial charge in [-0.2, -0.15) is 0 Å². The fraction of sp³-hybridized carbons (Fsp3) is 1.00. The van der Waals surface area contributed by atoms with Crippen LogP contribution < -0.4 is 5.73 Å². The summed E-state index contributed by atoms with van der Waals surface area (Å²) < 4.78 is 5.05. The molecular weight excluding hydrogens is 142 g/mol. The van der Waals surface area contributed by atoms with Gasteiger partial charge in [0.2, 0.25) is 0 Å². The quantitative estimate of drug-likeness (QED) is 0.599. The third kappa shape index (κ3) is 3.18. The predicted octanol–water partition coefficient (Wildman–Crippen LogP) is 0.716. The first-order chi connectivity index (χ1) is 4.81. The minimum Gasteiger partial charge on any atom is -0.377 e. The van der Waals surface area contributed by atoms with Crippen LogP contribution in [0.4, 0.5) is 0 Å². The lowest BCUT2D eigenvalue weighted by atomic mass is 9.84. The van der Waals surface area contributed by atoms with E-state index in [2.05, 4.69) is 0 Å². The standard InChI is InChI=1S/C8H19NO2/c1-5-11-6-8(9,10)7(2,3)4/h10H,5-6,9H2,1-4H3. The van der Waals surface area contributed by atoms with Crippen molar-refractivity contribution in [2.75, 3.05) is 13.2 Å². The molecule has 1 atom stereocenters. The summed E-state index contributed by atoms with van der Waals surface area (Å²) in [6, 6.07) is 0. The second-order valence-corrected chi connectivity index (χ2v) is 3.81. The van der Waals surface area contributed by atoms with Crippen molar-refractivity contribution in [2.24, 2.45) is 11.1 Å². The summed E-state index contributed by atoms with van der Waals surface area (Å²) in [4.78, 5) is 0. The van der Waals surface area contributed by atoms with E-state index in [-0.39, 0.29) is 12.0 Å². The maximum Gasteiger partial charge on any atom is 0.141 e. The van der Waals surface area contributed by atoms with Gasteiger partial charge in [0.1, 0.15) is 5.72 Å². The fourth-order valence-electron chi connectivity index (χ4n) is 0.474.